The van der Waals surface area contributed by atoms with Crippen LogP contribution in [-0.4, -0.2) is 41.9 Å². The van der Waals surface area contributed by atoms with Crippen LogP contribution in [0, 0.1) is 11.3 Å². The number of aromatic nitrogens is 2. The Labute approximate surface area is 163 Å². The largest absolute Gasteiger partial charge is 0.471 e. The molecule has 7 nitrogen and oxygen atoms in total. The Balaban J connectivity index is 1.61. The van der Waals surface area contributed by atoms with Crippen molar-refractivity contribution in [1.82, 2.24) is 14.3 Å². The molecule has 28 heavy (non-hydrogen) atoms. The van der Waals surface area contributed by atoms with Crippen LogP contribution in [0.5, 0.6) is 5.88 Å². The molecule has 142 valence electrons. The number of benzene rings is 2. The van der Waals surface area contributed by atoms with Gasteiger partial charge < -0.3 is 4.74 Å². The smallest absolute Gasteiger partial charge is 0.251 e. The van der Waals surface area contributed by atoms with Crippen molar-refractivity contribution in [2.24, 2.45) is 0 Å². The first kappa shape index (κ1) is 18.3. The van der Waals surface area contributed by atoms with Gasteiger partial charge in [0.25, 0.3) is 5.88 Å². The Morgan fingerprint density at radius 2 is 1.89 bits per heavy atom. The molecular formula is C20H18N4O3S. The number of piperidine rings is 1. The van der Waals surface area contributed by atoms with Gasteiger partial charge >= 0.3 is 0 Å². The van der Waals surface area contributed by atoms with Crippen molar-refractivity contribution in [2.75, 3.05) is 13.1 Å². The van der Waals surface area contributed by atoms with E-state index in [-0.39, 0.29) is 24.2 Å². The van der Waals surface area contributed by atoms with Gasteiger partial charge in [-0.25, -0.2) is 18.4 Å². The molecule has 1 aromatic heterocycles. The summed E-state index contributed by atoms with van der Waals surface area (Å²) in [5.74, 6) is 0.138. The minimum absolute atomic E-state index is 0.0940. The van der Waals surface area contributed by atoms with Gasteiger partial charge in [-0.1, -0.05) is 36.4 Å². The number of sulfonamides is 1. The van der Waals surface area contributed by atoms with Crippen LogP contribution in [0.4, 0.5) is 0 Å². The average Bonchev–Trinajstić information content (AvgIpc) is 2.74. The predicted octanol–water partition coefficient (Wildman–Crippen LogP) is 2.73. The van der Waals surface area contributed by atoms with Gasteiger partial charge in [0.1, 0.15) is 12.2 Å². The highest BCUT2D eigenvalue weighted by molar-refractivity contribution is 7.89. The number of hydrogen-bond acceptors (Lipinski definition) is 6. The van der Waals surface area contributed by atoms with E-state index in [4.69, 9.17) is 10.00 Å². The maximum Gasteiger partial charge on any atom is 0.251 e. The van der Waals surface area contributed by atoms with Crippen LogP contribution in [0.3, 0.4) is 0 Å². The maximum absolute atomic E-state index is 13.3. The van der Waals surface area contributed by atoms with Crippen LogP contribution in [0.2, 0.25) is 0 Å². The third kappa shape index (κ3) is 3.42. The van der Waals surface area contributed by atoms with Crippen LogP contribution in [0.15, 0.2) is 59.8 Å². The monoisotopic (exact) mass is 394 g/mol. The minimum Gasteiger partial charge on any atom is -0.471 e. The zero-order chi connectivity index (χ0) is 19.6. The third-order valence-corrected chi connectivity index (χ3v) is 6.68. The zero-order valence-corrected chi connectivity index (χ0v) is 15.8. The molecule has 1 aliphatic heterocycles. The topological polar surface area (TPSA) is 96.2 Å². The molecule has 0 radical (unpaired) electrons. The van der Waals surface area contributed by atoms with Crippen molar-refractivity contribution in [1.29, 1.82) is 5.26 Å². The van der Waals surface area contributed by atoms with Crippen molar-refractivity contribution in [3.8, 4) is 11.9 Å². The second-order valence-electron chi connectivity index (χ2n) is 6.54. The first-order chi connectivity index (χ1) is 13.6. The Morgan fingerprint density at radius 3 is 2.75 bits per heavy atom. The SMILES string of the molecule is N#Cc1nccnc1OC1CCCN(S(=O)(=O)c2cccc3ccccc23)C1. The predicted molar refractivity (Wildman–Crippen MR) is 103 cm³/mol. The molecule has 2 aromatic carbocycles. The molecule has 0 spiro atoms. The van der Waals surface area contributed by atoms with Crippen LogP contribution < -0.4 is 4.74 Å². The van der Waals surface area contributed by atoms with Crippen LogP contribution in [0.25, 0.3) is 10.8 Å². The highest BCUT2D eigenvalue weighted by Crippen LogP contribution is 2.28. The van der Waals surface area contributed by atoms with Gasteiger partial charge in [0.15, 0.2) is 0 Å². The van der Waals surface area contributed by atoms with Crippen molar-refractivity contribution in [2.45, 2.75) is 23.8 Å². The van der Waals surface area contributed by atoms with E-state index in [0.29, 0.717) is 29.7 Å². The maximum atomic E-state index is 13.3. The summed E-state index contributed by atoms with van der Waals surface area (Å²) < 4.78 is 33.9. The van der Waals surface area contributed by atoms with Gasteiger partial charge in [-0.15, -0.1) is 0 Å². The molecule has 3 aromatic rings. The number of nitrogens with zero attached hydrogens (tertiary/aromatic N) is 4. The molecule has 1 saturated heterocycles. The lowest BCUT2D eigenvalue weighted by molar-refractivity contribution is 0.124. The summed E-state index contributed by atoms with van der Waals surface area (Å²) in [5, 5.41) is 10.7. The second kappa shape index (κ2) is 7.54. The number of nitriles is 1. The van der Waals surface area contributed by atoms with Gasteiger partial charge in [-0.05, 0) is 24.3 Å². The van der Waals surface area contributed by atoms with Crippen LogP contribution >= 0.6 is 0 Å². The van der Waals surface area contributed by atoms with E-state index in [1.807, 2.05) is 36.4 Å². The summed E-state index contributed by atoms with van der Waals surface area (Å²) in [6.07, 6.45) is 3.83. The summed E-state index contributed by atoms with van der Waals surface area (Å²) in [6.45, 7) is 0.629. The molecule has 1 aliphatic rings. The quantitative estimate of drug-likeness (QED) is 0.675. The van der Waals surface area contributed by atoms with E-state index in [2.05, 4.69) is 9.97 Å². The summed E-state index contributed by atoms with van der Waals surface area (Å²) in [4.78, 5) is 8.28. The van der Waals surface area contributed by atoms with Gasteiger partial charge in [-0.2, -0.15) is 9.57 Å². The average molecular weight is 394 g/mol. The van der Waals surface area contributed by atoms with Crippen LogP contribution in [-0.2, 0) is 10.0 Å². The molecule has 0 N–H and O–H groups in total. The van der Waals surface area contributed by atoms with E-state index >= 15 is 0 Å². The number of rotatable bonds is 4. The summed E-state index contributed by atoms with van der Waals surface area (Å²) in [5.41, 5.74) is 0.0940. The molecule has 0 bridgehead atoms. The Morgan fingerprint density at radius 1 is 1.11 bits per heavy atom. The van der Waals surface area contributed by atoms with Crippen molar-refractivity contribution in [3.63, 3.8) is 0 Å². The number of fused-ring (bicyclic) bond motifs is 1. The molecule has 4 rings (SSSR count). The van der Waals surface area contributed by atoms with Gasteiger partial charge in [0, 0.05) is 24.3 Å². The normalized spacial score (nSPS) is 17.9. The van der Waals surface area contributed by atoms with E-state index in [1.165, 1.54) is 16.7 Å². The van der Waals surface area contributed by atoms with Crippen LogP contribution in [0.1, 0.15) is 18.5 Å². The van der Waals surface area contributed by atoms with Gasteiger partial charge in [0.05, 0.1) is 11.4 Å². The molecule has 1 fully saturated rings. The highest BCUT2D eigenvalue weighted by Gasteiger charge is 2.32. The molecule has 8 heteroatoms. The number of ether oxygens (including phenoxy) is 1. The molecule has 0 amide bonds. The van der Waals surface area contributed by atoms with Crippen molar-refractivity contribution in [3.05, 3.63) is 60.6 Å². The first-order valence-electron chi connectivity index (χ1n) is 8.95. The standard InChI is InChI=1S/C20H18N4O3S/c21-13-18-20(23-11-10-22-18)27-16-7-4-12-24(14-16)28(25,26)19-9-3-6-15-5-1-2-8-17(15)19/h1-3,5-6,8-11,16H,4,7,12,14H2. The lowest BCUT2D eigenvalue weighted by atomic mass is 10.1. The van der Waals surface area contributed by atoms with Gasteiger partial charge in [-0.3, -0.25) is 0 Å². The Hall–Kier alpha value is -3.02. The van der Waals surface area contributed by atoms with Crippen molar-refractivity contribution < 1.29 is 13.2 Å². The number of hydrogen-bond donors (Lipinski definition) is 0. The fourth-order valence-electron chi connectivity index (χ4n) is 3.43. The molecular weight excluding hydrogens is 376 g/mol. The van der Waals surface area contributed by atoms with E-state index in [9.17, 15) is 8.42 Å². The molecule has 2 heterocycles. The van der Waals surface area contributed by atoms with E-state index in [0.717, 1.165) is 5.39 Å². The fourth-order valence-corrected chi connectivity index (χ4v) is 5.15. The Bertz CT molecular complexity index is 1150. The Kier molecular flexibility index (Phi) is 4.94. The second-order valence-corrected chi connectivity index (χ2v) is 8.45. The lowest BCUT2D eigenvalue weighted by Gasteiger charge is -2.32. The molecule has 1 atom stereocenters. The highest BCUT2D eigenvalue weighted by atomic mass is 32.2. The molecule has 0 aliphatic carbocycles. The molecule has 1 unspecified atom stereocenters. The summed E-state index contributed by atoms with van der Waals surface area (Å²) in [6, 6.07) is 14.7. The van der Waals surface area contributed by atoms with Gasteiger partial charge in [0.2, 0.25) is 15.7 Å². The minimum atomic E-state index is -3.68. The zero-order valence-electron chi connectivity index (χ0n) is 15.0. The third-order valence-electron chi connectivity index (χ3n) is 4.76. The van der Waals surface area contributed by atoms with E-state index < -0.39 is 10.0 Å². The fraction of sp³-hybridized carbons (Fsp3) is 0.250. The molecule has 0 saturated carbocycles. The first-order valence-corrected chi connectivity index (χ1v) is 10.4. The van der Waals surface area contributed by atoms with Crippen molar-refractivity contribution >= 4 is 20.8 Å². The lowest BCUT2D eigenvalue weighted by Crippen LogP contribution is -2.44. The summed E-state index contributed by atoms with van der Waals surface area (Å²) >= 11 is 0. The summed E-state index contributed by atoms with van der Waals surface area (Å²) in [7, 11) is -3.68. The van der Waals surface area contributed by atoms with E-state index in [1.54, 1.807) is 12.1 Å².